The van der Waals surface area contributed by atoms with Crippen LogP contribution in [0.5, 0.6) is 0 Å². The number of imidazole rings is 1. The number of carboxylic acids is 1. The number of nitriles is 1. The Balaban J connectivity index is 1.17. The number of benzene rings is 3. The van der Waals surface area contributed by atoms with Crippen molar-refractivity contribution in [1.82, 2.24) is 19.8 Å². The number of aromatic nitrogens is 2. The molecule has 1 aromatic heterocycles. The van der Waals surface area contributed by atoms with E-state index < -0.39 is 17.5 Å². The molecule has 1 atom stereocenters. The second kappa shape index (κ2) is 14.0. The average molecular weight is 592 g/mol. The molecular weight excluding hydrogens is 554 g/mol. The van der Waals surface area contributed by atoms with Crippen molar-refractivity contribution >= 4 is 12.1 Å². The van der Waals surface area contributed by atoms with E-state index in [4.69, 9.17) is 10.00 Å². The number of nitrogens with one attached hydrogen (secondary N) is 1. The summed E-state index contributed by atoms with van der Waals surface area (Å²) >= 11 is 0. The molecule has 2 N–H and O–H groups in total. The molecule has 1 fully saturated rings. The summed E-state index contributed by atoms with van der Waals surface area (Å²) in [5, 5.41) is 22.2. The first kappa shape index (κ1) is 30.5. The van der Waals surface area contributed by atoms with Gasteiger partial charge in [-0.05, 0) is 73.7 Å². The summed E-state index contributed by atoms with van der Waals surface area (Å²) in [4.78, 5) is 31.6. The minimum atomic E-state index is -0.861. The van der Waals surface area contributed by atoms with E-state index in [2.05, 4.69) is 32.8 Å². The quantitative estimate of drug-likeness (QED) is 0.230. The van der Waals surface area contributed by atoms with Crippen LogP contribution in [0.3, 0.4) is 0 Å². The van der Waals surface area contributed by atoms with Crippen molar-refractivity contribution < 1.29 is 19.4 Å². The predicted molar refractivity (Wildman–Crippen MR) is 165 cm³/mol. The fourth-order valence-corrected chi connectivity index (χ4v) is 5.87. The minimum absolute atomic E-state index is 0.0683. The zero-order valence-electron chi connectivity index (χ0n) is 24.9. The Morgan fingerprint density at radius 3 is 2.41 bits per heavy atom. The zero-order valence-corrected chi connectivity index (χ0v) is 24.9. The van der Waals surface area contributed by atoms with E-state index >= 15 is 0 Å². The first-order valence-electron chi connectivity index (χ1n) is 14.8. The lowest BCUT2D eigenvalue weighted by Crippen LogP contribution is -2.46. The van der Waals surface area contributed by atoms with Crippen LogP contribution in [0.4, 0.5) is 4.79 Å². The lowest BCUT2D eigenvalue weighted by molar-refractivity contribution is -0.152. The van der Waals surface area contributed by atoms with Gasteiger partial charge in [0.05, 0.1) is 29.1 Å². The molecule has 44 heavy (non-hydrogen) atoms. The number of hydrogen-bond acceptors (Lipinski definition) is 6. The Morgan fingerprint density at radius 2 is 1.70 bits per heavy atom. The third-order valence-corrected chi connectivity index (χ3v) is 8.55. The van der Waals surface area contributed by atoms with Crippen LogP contribution in [-0.4, -0.2) is 44.7 Å². The Labute approximate surface area is 257 Å². The molecule has 1 aliphatic heterocycles. The van der Waals surface area contributed by atoms with Gasteiger partial charge < -0.3 is 19.7 Å². The summed E-state index contributed by atoms with van der Waals surface area (Å²) in [6.07, 6.45) is 4.69. The highest BCUT2D eigenvalue weighted by Gasteiger charge is 2.42. The first-order valence-corrected chi connectivity index (χ1v) is 14.8. The van der Waals surface area contributed by atoms with Gasteiger partial charge in [-0.1, -0.05) is 66.7 Å². The molecule has 5 rings (SSSR count). The van der Waals surface area contributed by atoms with Gasteiger partial charge in [0, 0.05) is 25.3 Å². The molecule has 0 spiro atoms. The molecule has 1 amide bonds. The van der Waals surface area contributed by atoms with Crippen LogP contribution in [0.2, 0.25) is 0 Å². The average Bonchev–Trinajstić information content (AvgIpc) is 3.52. The lowest BCUT2D eigenvalue weighted by Gasteiger charge is -2.41. The summed E-state index contributed by atoms with van der Waals surface area (Å²) in [5.41, 5.74) is 4.66. The molecule has 0 aliphatic carbocycles. The third-order valence-electron chi connectivity index (χ3n) is 8.55. The van der Waals surface area contributed by atoms with Gasteiger partial charge in [0.2, 0.25) is 0 Å². The maximum atomic E-state index is 12.7. The molecule has 0 radical (unpaired) electrons. The number of nitrogens with zero attached hydrogens (tertiary/aromatic N) is 4. The van der Waals surface area contributed by atoms with Crippen LogP contribution in [0.25, 0.3) is 0 Å². The Bertz CT molecular complexity index is 1600. The minimum Gasteiger partial charge on any atom is -0.481 e. The number of hydrogen-bond donors (Lipinski definition) is 2. The van der Waals surface area contributed by atoms with Crippen LogP contribution in [-0.2, 0) is 35.6 Å². The van der Waals surface area contributed by atoms with E-state index in [1.54, 1.807) is 0 Å². The van der Waals surface area contributed by atoms with Gasteiger partial charge in [-0.2, -0.15) is 5.26 Å². The fourth-order valence-electron chi connectivity index (χ4n) is 5.87. The summed E-state index contributed by atoms with van der Waals surface area (Å²) in [5.74, 6) is -0.774. The topological polar surface area (TPSA) is 120 Å². The SMILES string of the molecule is CC(c1cncn1Cc1ccc(C#N)cc1)N1CCC(Cc2cccc(CNC(=O)OCc3ccccc3)c2)(C(=O)O)CC1. The van der Waals surface area contributed by atoms with Crippen molar-refractivity contribution in [2.75, 3.05) is 13.1 Å². The van der Waals surface area contributed by atoms with Gasteiger partial charge in [0.25, 0.3) is 0 Å². The third kappa shape index (κ3) is 7.52. The number of piperidine rings is 1. The van der Waals surface area contributed by atoms with Gasteiger partial charge in [-0.25, -0.2) is 9.78 Å². The standard InChI is InChI=1S/C35H37N5O4/c1-26(32-22-37-25-40(32)23-28-12-10-27(20-36)11-13-28)39-16-14-35(15-17-39,33(41)42)19-30-8-5-9-31(18-30)21-38-34(43)44-24-29-6-3-2-4-7-29/h2-13,18,22,25-26H,14-17,19,21,23-24H2,1H3,(H,38,43)(H,41,42). The van der Waals surface area contributed by atoms with Crippen molar-refractivity contribution in [3.63, 3.8) is 0 Å². The highest BCUT2D eigenvalue weighted by molar-refractivity contribution is 5.75. The van der Waals surface area contributed by atoms with Crippen molar-refractivity contribution in [2.45, 2.75) is 51.9 Å². The highest BCUT2D eigenvalue weighted by atomic mass is 16.5. The summed E-state index contributed by atoms with van der Waals surface area (Å²) in [7, 11) is 0. The lowest BCUT2D eigenvalue weighted by atomic mass is 9.73. The second-order valence-corrected chi connectivity index (χ2v) is 11.5. The smallest absolute Gasteiger partial charge is 0.407 e. The number of aliphatic carboxylic acids is 1. The maximum Gasteiger partial charge on any atom is 0.407 e. The number of rotatable bonds is 11. The maximum absolute atomic E-state index is 12.7. The largest absolute Gasteiger partial charge is 0.481 e. The molecule has 9 heteroatoms. The van der Waals surface area contributed by atoms with Gasteiger partial charge >= 0.3 is 12.1 Å². The monoisotopic (exact) mass is 591 g/mol. The van der Waals surface area contributed by atoms with Crippen LogP contribution in [0, 0.1) is 16.7 Å². The van der Waals surface area contributed by atoms with Crippen LogP contribution in [0.1, 0.15) is 59.3 Å². The molecule has 0 bridgehead atoms. The Morgan fingerprint density at radius 1 is 1.00 bits per heavy atom. The van der Waals surface area contributed by atoms with E-state index in [1.807, 2.05) is 91.4 Å². The molecule has 9 nitrogen and oxygen atoms in total. The normalized spacial score (nSPS) is 15.2. The molecule has 1 unspecified atom stereocenters. The summed E-state index contributed by atoms with van der Waals surface area (Å²) < 4.78 is 7.42. The van der Waals surface area contributed by atoms with Crippen LogP contribution in [0.15, 0.2) is 91.4 Å². The molecule has 1 aliphatic rings. The summed E-state index contributed by atoms with van der Waals surface area (Å²) in [6, 6.07) is 27.0. The molecule has 3 aromatic carbocycles. The van der Waals surface area contributed by atoms with Crippen molar-refractivity contribution in [1.29, 1.82) is 5.26 Å². The van der Waals surface area contributed by atoms with Crippen molar-refractivity contribution in [3.05, 3.63) is 125 Å². The van der Waals surface area contributed by atoms with Gasteiger partial charge in [-0.15, -0.1) is 0 Å². The number of likely N-dealkylation sites (tertiary alicyclic amines) is 1. The van der Waals surface area contributed by atoms with Crippen molar-refractivity contribution in [3.8, 4) is 6.07 Å². The Kier molecular flexibility index (Phi) is 9.72. The van der Waals surface area contributed by atoms with Gasteiger partial charge in [0.1, 0.15) is 6.61 Å². The predicted octanol–water partition coefficient (Wildman–Crippen LogP) is 5.70. The number of alkyl carbamates (subject to hydrolysis) is 1. The number of carbonyl (C=O) groups is 2. The van der Waals surface area contributed by atoms with Crippen molar-refractivity contribution in [2.24, 2.45) is 5.41 Å². The van der Waals surface area contributed by atoms with E-state index in [-0.39, 0.29) is 12.6 Å². The van der Waals surface area contributed by atoms with E-state index in [0.29, 0.717) is 51.0 Å². The number of amides is 1. The van der Waals surface area contributed by atoms with Gasteiger partial charge in [0.15, 0.2) is 0 Å². The molecule has 2 heterocycles. The Hall–Kier alpha value is -4.94. The molecule has 0 saturated carbocycles. The molecular formula is C35H37N5O4. The zero-order chi connectivity index (χ0) is 30.9. The van der Waals surface area contributed by atoms with E-state index in [0.717, 1.165) is 27.9 Å². The summed E-state index contributed by atoms with van der Waals surface area (Å²) in [6.45, 7) is 4.59. The number of carboxylic acid groups (broad SMARTS) is 1. The molecule has 1 saturated heterocycles. The first-order chi connectivity index (χ1) is 21.3. The van der Waals surface area contributed by atoms with E-state index in [9.17, 15) is 14.7 Å². The second-order valence-electron chi connectivity index (χ2n) is 11.5. The van der Waals surface area contributed by atoms with Gasteiger partial charge in [-0.3, -0.25) is 9.69 Å². The molecule has 226 valence electrons. The number of ether oxygens (including phenoxy) is 1. The number of carbonyl (C=O) groups excluding carboxylic acids is 1. The van der Waals surface area contributed by atoms with E-state index in [1.165, 1.54) is 0 Å². The highest BCUT2D eigenvalue weighted by Crippen LogP contribution is 2.38. The fraction of sp³-hybridized carbons (Fsp3) is 0.314. The van der Waals surface area contributed by atoms with Crippen LogP contribution < -0.4 is 5.32 Å². The molecule has 4 aromatic rings. The van der Waals surface area contributed by atoms with Crippen LogP contribution >= 0.6 is 0 Å².